The molecule has 0 amide bonds. The Balaban J connectivity index is 4.02. The molecule has 2 nitrogen and oxygen atoms in total. The van der Waals surface area contributed by atoms with E-state index in [9.17, 15) is 0 Å². The molecule has 13 heavy (non-hydrogen) atoms. The minimum atomic E-state index is 0.366. The number of hydrogen-bond donors (Lipinski definition) is 2. The Bertz CT molecular complexity index is 275. The number of nitrogens with two attached hydrogens (primary N) is 1. The topological polar surface area (TPSA) is 49.9 Å². The molecule has 0 heterocycles. The van der Waals surface area contributed by atoms with Crippen molar-refractivity contribution < 1.29 is 0 Å². The van der Waals surface area contributed by atoms with Gasteiger partial charge in [0.05, 0.1) is 10.1 Å². The quantitative estimate of drug-likeness (QED) is 0.552. The summed E-state index contributed by atoms with van der Waals surface area (Å²) in [6.45, 7) is 0. The molecule has 0 bridgehead atoms. The van der Waals surface area contributed by atoms with Gasteiger partial charge in [0.1, 0.15) is 0 Å². The molecular weight excluding hydrogens is 207 g/mol. The van der Waals surface area contributed by atoms with Gasteiger partial charge in [0.25, 0.3) is 0 Å². The van der Waals surface area contributed by atoms with Gasteiger partial charge in [-0.1, -0.05) is 41.4 Å². The third kappa shape index (κ3) is 7.37. The lowest BCUT2D eigenvalue weighted by atomic mass is 10.4. The standard InChI is InChI=1S/C9H10Cl2N2/c10-8(6-12)4-2-1-3-5-9(11)7-13/h1-7,12H,13H2/b2-1+,5-3+,8-4-,9-7-,12-6?. The lowest BCUT2D eigenvalue weighted by Crippen LogP contribution is -1.77. The smallest absolute Gasteiger partial charge is 0.0581 e. The van der Waals surface area contributed by atoms with Crippen LogP contribution in [0.2, 0.25) is 0 Å². The molecule has 0 rings (SSSR count). The van der Waals surface area contributed by atoms with E-state index in [1.807, 2.05) is 0 Å². The first-order valence-corrected chi connectivity index (χ1v) is 4.24. The normalized spacial score (nSPS) is 14.3. The van der Waals surface area contributed by atoms with E-state index < -0.39 is 0 Å². The molecule has 0 aromatic heterocycles. The summed E-state index contributed by atoms with van der Waals surface area (Å²) in [5.74, 6) is 0. The maximum atomic E-state index is 6.76. The van der Waals surface area contributed by atoms with E-state index in [1.165, 1.54) is 6.20 Å². The summed E-state index contributed by atoms with van der Waals surface area (Å²) < 4.78 is 0. The van der Waals surface area contributed by atoms with Crippen LogP contribution in [0.15, 0.2) is 46.6 Å². The fourth-order valence-electron chi connectivity index (χ4n) is 0.463. The van der Waals surface area contributed by atoms with Gasteiger partial charge in [-0.15, -0.1) is 0 Å². The molecule has 0 atom stereocenters. The molecule has 3 N–H and O–H groups in total. The fourth-order valence-corrected chi connectivity index (χ4v) is 0.608. The van der Waals surface area contributed by atoms with Crippen LogP contribution in [0.1, 0.15) is 0 Å². The highest BCUT2D eigenvalue weighted by Crippen LogP contribution is 2.00. The zero-order chi connectivity index (χ0) is 10.1. The van der Waals surface area contributed by atoms with Gasteiger partial charge in [0.15, 0.2) is 0 Å². The van der Waals surface area contributed by atoms with Crippen LogP contribution in [-0.4, -0.2) is 6.21 Å². The van der Waals surface area contributed by atoms with Gasteiger partial charge in [-0.3, -0.25) is 0 Å². The molecular formula is C9H10Cl2N2. The lowest BCUT2D eigenvalue weighted by molar-refractivity contribution is 1.57. The Kier molecular flexibility index (Phi) is 7.07. The average molecular weight is 217 g/mol. The van der Waals surface area contributed by atoms with E-state index in [4.69, 9.17) is 34.3 Å². The van der Waals surface area contributed by atoms with Crippen molar-refractivity contribution in [2.45, 2.75) is 0 Å². The largest absolute Gasteiger partial charge is 0.403 e. The van der Waals surface area contributed by atoms with Crippen molar-refractivity contribution >= 4 is 29.4 Å². The monoisotopic (exact) mass is 216 g/mol. The second-order valence-electron chi connectivity index (χ2n) is 1.99. The Morgan fingerprint density at radius 1 is 1.08 bits per heavy atom. The lowest BCUT2D eigenvalue weighted by Gasteiger charge is -1.82. The van der Waals surface area contributed by atoms with Crippen LogP contribution >= 0.6 is 23.2 Å². The predicted molar refractivity (Wildman–Crippen MR) is 59.1 cm³/mol. The van der Waals surface area contributed by atoms with E-state index in [2.05, 4.69) is 0 Å². The Morgan fingerprint density at radius 3 is 2.31 bits per heavy atom. The molecule has 0 aromatic carbocycles. The number of rotatable bonds is 4. The van der Waals surface area contributed by atoms with E-state index in [-0.39, 0.29) is 0 Å². The molecule has 0 saturated heterocycles. The number of hydrogen-bond acceptors (Lipinski definition) is 2. The van der Waals surface area contributed by atoms with Crippen LogP contribution in [-0.2, 0) is 0 Å². The fraction of sp³-hybridized carbons (Fsp3) is 0. The highest BCUT2D eigenvalue weighted by Gasteiger charge is 1.78. The molecule has 0 aromatic rings. The SMILES string of the molecule is N=C/C(Cl)=C/C=C/C=C/C(Cl)=C/N. The van der Waals surface area contributed by atoms with Crippen molar-refractivity contribution in [3.63, 3.8) is 0 Å². The molecule has 0 saturated carbocycles. The third-order valence-electron chi connectivity index (χ3n) is 1.03. The summed E-state index contributed by atoms with van der Waals surface area (Å²) >= 11 is 11.1. The molecule has 70 valence electrons. The predicted octanol–water partition coefficient (Wildman–Crippen LogP) is 2.91. The maximum absolute atomic E-state index is 6.76. The van der Waals surface area contributed by atoms with Crippen molar-refractivity contribution in [3.8, 4) is 0 Å². The van der Waals surface area contributed by atoms with Gasteiger partial charge < -0.3 is 11.1 Å². The minimum absolute atomic E-state index is 0.366. The van der Waals surface area contributed by atoms with Crippen LogP contribution in [0, 0.1) is 5.41 Å². The van der Waals surface area contributed by atoms with Crippen molar-refractivity contribution in [1.29, 1.82) is 5.41 Å². The average Bonchev–Trinajstić information content (AvgIpc) is 2.16. The van der Waals surface area contributed by atoms with E-state index in [0.717, 1.165) is 6.21 Å². The summed E-state index contributed by atoms with van der Waals surface area (Å²) in [7, 11) is 0. The summed E-state index contributed by atoms with van der Waals surface area (Å²) in [5, 5.41) is 7.59. The van der Waals surface area contributed by atoms with Crippen molar-refractivity contribution in [3.05, 3.63) is 46.6 Å². The molecule has 0 aliphatic carbocycles. The first kappa shape index (κ1) is 12.0. The van der Waals surface area contributed by atoms with Crippen LogP contribution in [0.3, 0.4) is 0 Å². The third-order valence-corrected chi connectivity index (χ3v) is 1.52. The number of nitrogens with one attached hydrogen (secondary N) is 1. The van der Waals surface area contributed by atoms with Gasteiger partial charge in [0.2, 0.25) is 0 Å². The Hall–Kier alpha value is -0.990. The van der Waals surface area contributed by atoms with Gasteiger partial charge in [-0.2, -0.15) is 0 Å². The molecule has 0 aliphatic rings. The summed E-state index contributed by atoms with van der Waals surface area (Å²) in [4.78, 5) is 0. The molecule has 0 radical (unpaired) electrons. The Labute approximate surface area is 87.5 Å². The van der Waals surface area contributed by atoms with Crippen molar-refractivity contribution in [2.24, 2.45) is 5.73 Å². The first-order valence-electron chi connectivity index (χ1n) is 3.49. The van der Waals surface area contributed by atoms with Gasteiger partial charge in [-0.05, 0) is 12.2 Å². The van der Waals surface area contributed by atoms with Crippen LogP contribution in [0.4, 0.5) is 0 Å². The van der Waals surface area contributed by atoms with Crippen LogP contribution in [0.5, 0.6) is 0 Å². The number of halogens is 2. The van der Waals surface area contributed by atoms with Crippen molar-refractivity contribution in [1.82, 2.24) is 0 Å². The molecule has 0 spiro atoms. The Morgan fingerprint density at radius 2 is 1.77 bits per heavy atom. The van der Waals surface area contributed by atoms with Gasteiger partial charge >= 0.3 is 0 Å². The van der Waals surface area contributed by atoms with Crippen LogP contribution < -0.4 is 5.73 Å². The second-order valence-corrected chi connectivity index (χ2v) is 2.86. The van der Waals surface area contributed by atoms with Crippen LogP contribution in [0.25, 0.3) is 0 Å². The summed E-state index contributed by atoms with van der Waals surface area (Å²) in [5.41, 5.74) is 5.12. The highest BCUT2D eigenvalue weighted by atomic mass is 35.5. The minimum Gasteiger partial charge on any atom is -0.403 e. The summed E-state index contributed by atoms with van der Waals surface area (Å²) in [6.07, 6.45) is 10.7. The zero-order valence-electron chi connectivity index (χ0n) is 6.87. The van der Waals surface area contributed by atoms with Crippen molar-refractivity contribution in [2.75, 3.05) is 0 Å². The highest BCUT2D eigenvalue weighted by molar-refractivity contribution is 6.39. The molecule has 4 heteroatoms. The van der Waals surface area contributed by atoms with Gasteiger partial charge in [0, 0.05) is 12.4 Å². The molecule has 0 unspecified atom stereocenters. The second kappa shape index (κ2) is 7.65. The number of allylic oxidation sites excluding steroid dienone is 7. The van der Waals surface area contributed by atoms with E-state index in [1.54, 1.807) is 30.4 Å². The van der Waals surface area contributed by atoms with E-state index in [0.29, 0.717) is 10.1 Å². The maximum Gasteiger partial charge on any atom is 0.0581 e. The molecule has 0 fully saturated rings. The zero-order valence-corrected chi connectivity index (χ0v) is 8.39. The van der Waals surface area contributed by atoms with E-state index >= 15 is 0 Å². The summed E-state index contributed by atoms with van der Waals surface area (Å²) in [6, 6.07) is 0. The first-order chi connectivity index (χ1) is 6.20. The molecule has 0 aliphatic heterocycles. The van der Waals surface area contributed by atoms with Gasteiger partial charge in [-0.25, -0.2) is 0 Å².